The van der Waals surface area contributed by atoms with Crippen LogP contribution in [0.2, 0.25) is 0 Å². The third-order valence-electron chi connectivity index (χ3n) is 0.998. The van der Waals surface area contributed by atoms with Gasteiger partial charge in [0.1, 0.15) is 5.01 Å². The van der Waals surface area contributed by atoms with E-state index in [1.807, 2.05) is 14.0 Å². The van der Waals surface area contributed by atoms with Gasteiger partial charge in [-0.1, -0.05) is 11.3 Å². The molecule has 0 aliphatic carbocycles. The van der Waals surface area contributed by atoms with Crippen molar-refractivity contribution < 1.29 is 0 Å². The molecule has 0 unspecified atom stereocenters. The number of hydrogen-bond donors (Lipinski definition) is 0. The van der Waals surface area contributed by atoms with Crippen LogP contribution >= 0.6 is 11.3 Å². The van der Waals surface area contributed by atoms with E-state index in [-0.39, 0.29) is 0 Å². The van der Waals surface area contributed by atoms with E-state index < -0.39 is 0 Å². The Hall–Kier alpha value is -0.640. The van der Waals surface area contributed by atoms with Crippen molar-refractivity contribution >= 4 is 11.3 Å². The van der Waals surface area contributed by atoms with Crippen LogP contribution in [0, 0.1) is 6.92 Å². The average Bonchev–Trinajstić information content (AvgIpc) is 2.10. The fraction of sp³-hybridized carbons (Fsp3) is 0.600. The molecule has 1 aromatic heterocycles. The lowest BCUT2D eigenvalue weighted by Gasteiger charge is -1.81. The molecule has 1 rings (SSSR count). The lowest BCUT2D eigenvalue weighted by Crippen LogP contribution is -2.10. The molecule has 1 heterocycles. The first kappa shape index (κ1) is 6.48. The predicted molar refractivity (Wildman–Crippen MR) is 37.3 cm³/mol. The third-order valence-corrected chi connectivity index (χ3v) is 2.00. The lowest BCUT2D eigenvalue weighted by atomic mass is 10.9. The molecule has 0 saturated heterocycles. The molecular formula is C5H9N3S. The topological polar surface area (TPSA) is 30.2 Å². The molecule has 0 aliphatic heterocycles. The van der Waals surface area contributed by atoms with Crippen LogP contribution < -0.4 is 4.80 Å². The summed E-state index contributed by atoms with van der Waals surface area (Å²) in [4.78, 5) is 4.98. The summed E-state index contributed by atoms with van der Waals surface area (Å²) in [5, 5.41) is 5.18. The normalized spacial score (nSPS) is 12.6. The van der Waals surface area contributed by atoms with E-state index in [2.05, 4.69) is 10.1 Å². The Morgan fingerprint density at radius 1 is 1.67 bits per heavy atom. The van der Waals surface area contributed by atoms with Gasteiger partial charge in [-0.2, -0.15) is 5.10 Å². The molecule has 0 atom stereocenters. The molecule has 3 nitrogen and oxygen atoms in total. The summed E-state index contributed by atoms with van der Waals surface area (Å²) < 4.78 is 1.78. The number of rotatable bonds is 0. The summed E-state index contributed by atoms with van der Waals surface area (Å²) >= 11 is 1.60. The van der Waals surface area contributed by atoms with Crippen LogP contribution in [-0.4, -0.2) is 16.8 Å². The minimum atomic E-state index is 0.965. The average molecular weight is 143 g/mol. The van der Waals surface area contributed by atoms with Crippen molar-refractivity contribution in [3.05, 3.63) is 9.81 Å². The number of hydrogen-bond acceptors (Lipinski definition) is 3. The highest BCUT2D eigenvalue weighted by atomic mass is 32.1. The van der Waals surface area contributed by atoms with E-state index in [4.69, 9.17) is 0 Å². The Labute approximate surface area is 57.7 Å². The molecule has 50 valence electrons. The zero-order valence-corrected chi connectivity index (χ0v) is 6.57. The van der Waals surface area contributed by atoms with Crippen LogP contribution in [0.3, 0.4) is 0 Å². The molecule has 0 amide bonds. The highest BCUT2D eigenvalue weighted by Crippen LogP contribution is 1.91. The van der Waals surface area contributed by atoms with Gasteiger partial charge in [0.2, 0.25) is 4.80 Å². The summed E-state index contributed by atoms with van der Waals surface area (Å²) in [5.41, 5.74) is 0. The van der Waals surface area contributed by atoms with Crippen LogP contribution in [0.5, 0.6) is 0 Å². The smallest absolute Gasteiger partial charge is 0.202 e. The highest BCUT2D eigenvalue weighted by Gasteiger charge is 1.91. The number of nitrogens with zero attached hydrogens (tertiary/aromatic N) is 3. The van der Waals surface area contributed by atoms with Crippen LogP contribution in [0.4, 0.5) is 0 Å². The minimum absolute atomic E-state index is 0.965. The zero-order chi connectivity index (χ0) is 6.85. The van der Waals surface area contributed by atoms with Crippen molar-refractivity contribution in [2.24, 2.45) is 12.0 Å². The fourth-order valence-corrected chi connectivity index (χ4v) is 1.35. The van der Waals surface area contributed by atoms with Gasteiger partial charge in [0.15, 0.2) is 0 Å². The first-order valence-corrected chi connectivity index (χ1v) is 3.49. The Morgan fingerprint density at radius 2 is 2.33 bits per heavy atom. The number of aryl methyl sites for hydroxylation is 2. The third kappa shape index (κ3) is 1.18. The standard InChI is InChI=1S/C5H9N3S/c1-4-7-8(3)5(6-2)9-4/h1-3H3. The van der Waals surface area contributed by atoms with Gasteiger partial charge in [-0.05, 0) is 6.92 Å². The highest BCUT2D eigenvalue weighted by molar-refractivity contribution is 7.08. The van der Waals surface area contributed by atoms with E-state index in [0.717, 1.165) is 9.81 Å². The summed E-state index contributed by atoms with van der Waals surface area (Å²) in [6.45, 7) is 1.97. The molecule has 0 fully saturated rings. The first-order valence-electron chi connectivity index (χ1n) is 2.67. The molecule has 0 aromatic carbocycles. The molecule has 0 radical (unpaired) electrons. The molecule has 0 bridgehead atoms. The van der Waals surface area contributed by atoms with E-state index in [9.17, 15) is 0 Å². The Kier molecular flexibility index (Phi) is 1.66. The van der Waals surface area contributed by atoms with Gasteiger partial charge in [-0.15, -0.1) is 0 Å². The van der Waals surface area contributed by atoms with Crippen molar-refractivity contribution in [1.82, 2.24) is 9.78 Å². The molecule has 1 aromatic rings. The Morgan fingerprint density at radius 3 is 2.56 bits per heavy atom. The van der Waals surface area contributed by atoms with Crippen LogP contribution in [0.25, 0.3) is 0 Å². The van der Waals surface area contributed by atoms with Gasteiger partial charge in [0.05, 0.1) is 0 Å². The van der Waals surface area contributed by atoms with E-state index in [0.29, 0.717) is 0 Å². The first-order chi connectivity index (χ1) is 4.24. The maximum atomic E-state index is 4.12. The van der Waals surface area contributed by atoms with Gasteiger partial charge < -0.3 is 0 Å². The van der Waals surface area contributed by atoms with Crippen molar-refractivity contribution in [1.29, 1.82) is 0 Å². The summed E-state index contributed by atoms with van der Waals surface area (Å²) in [6.07, 6.45) is 0. The van der Waals surface area contributed by atoms with Crippen molar-refractivity contribution in [3.8, 4) is 0 Å². The molecule has 9 heavy (non-hydrogen) atoms. The van der Waals surface area contributed by atoms with Crippen molar-refractivity contribution in [2.75, 3.05) is 7.05 Å². The van der Waals surface area contributed by atoms with Crippen LogP contribution in [0.1, 0.15) is 5.01 Å². The van der Waals surface area contributed by atoms with Crippen LogP contribution in [-0.2, 0) is 7.05 Å². The summed E-state index contributed by atoms with van der Waals surface area (Å²) in [6, 6.07) is 0. The van der Waals surface area contributed by atoms with E-state index in [1.54, 1.807) is 23.1 Å². The lowest BCUT2D eigenvalue weighted by molar-refractivity contribution is 0.717. The molecule has 0 spiro atoms. The van der Waals surface area contributed by atoms with Gasteiger partial charge >= 0.3 is 0 Å². The molecule has 0 saturated carbocycles. The quantitative estimate of drug-likeness (QED) is 0.514. The second kappa shape index (κ2) is 2.31. The van der Waals surface area contributed by atoms with Crippen LogP contribution in [0.15, 0.2) is 4.99 Å². The van der Waals surface area contributed by atoms with Gasteiger partial charge in [-0.3, -0.25) is 4.99 Å². The van der Waals surface area contributed by atoms with Crippen molar-refractivity contribution in [3.63, 3.8) is 0 Å². The molecule has 0 aliphatic rings. The molecular weight excluding hydrogens is 134 g/mol. The Bertz CT molecular complexity index is 257. The van der Waals surface area contributed by atoms with Gasteiger partial charge in [-0.25, -0.2) is 4.68 Å². The zero-order valence-electron chi connectivity index (χ0n) is 5.75. The second-order valence-electron chi connectivity index (χ2n) is 1.75. The Balaban J connectivity index is 3.33. The maximum absolute atomic E-state index is 4.12. The van der Waals surface area contributed by atoms with Gasteiger partial charge in [0, 0.05) is 14.1 Å². The molecule has 4 heteroatoms. The van der Waals surface area contributed by atoms with Gasteiger partial charge in [0.25, 0.3) is 0 Å². The van der Waals surface area contributed by atoms with Crippen molar-refractivity contribution in [2.45, 2.75) is 6.92 Å². The largest absolute Gasteiger partial charge is 0.261 e. The monoisotopic (exact) mass is 143 g/mol. The number of aromatic nitrogens is 2. The van der Waals surface area contributed by atoms with E-state index >= 15 is 0 Å². The predicted octanol–water partition coefficient (Wildman–Crippen LogP) is 0.321. The molecule has 0 N–H and O–H groups in total. The summed E-state index contributed by atoms with van der Waals surface area (Å²) in [5.74, 6) is 0. The minimum Gasteiger partial charge on any atom is -0.261 e. The SMILES string of the molecule is CN=c1sc(C)nn1C. The second-order valence-corrected chi connectivity index (χ2v) is 2.91. The van der Waals surface area contributed by atoms with E-state index in [1.165, 1.54) is 0 Å². The fourth-order valence-electron chi connectivity index (χ4n) is 0.663. The maximum Gasteiger partial charge on any atom is 0.202 e. The summed E-state index contributed by atoms with van der Waals surface area (Å²) in [7, 11) is 3.67.